The summed E-state index contributed by atoms with van der Waals surface area (Å²) in [7, 11) is 0. The lowest BCUT2D eigenvalue weighted by Gasteiger charge is -2.14. The molecule has 0 radical (unpaired) electrons. The molecule has 112 valence electrons. The Morgan fingerprint density at radius 3 is 2.71 bits per heavy atom. The zero-order valence-corrected chi connectivity index (χ0v) is 14.0. The number of hydrogen-bond acceptors (Lipinski definition) is 3. The molecular formula is C17H21ClN2S. The third kappa shape index (κ3) is 5.34. The van der Waals surface area contributed by atoms with Crippen molar-refractivity contribution in [2.45, 2.75) is 37.1 Å². The first-order chi connectivity index (χ1) is 10.2. The van der Waals surface area contributed by atoms with Crippen LogP contribution in [0.5, 0.6) is 0 Å². The minimum absolute atomic E-state index is 0.364. The van der Waals surface area contributed by atoms with Crippen LogP contribution in [-0.4, -0.2) is 11.5 Å². The summed E-state index contributed by atoms with van der Waals surface area (Å²) in [6.07, 6.45) is 3.04. The Bertz CT molecular complexity index is 557. The average molecular weight is 321 g/mol. The number of rotatable bonds is 7. The maximum atomic E-state index is 5.90. The summed E-state index contributed by atoms with van der Waals surface area (Å²) < 4.78 is 0. The third-order valence-electron chi connectivity index (χ3n) is 3.26. The van der Waals surface area contributed by atoms with Gasteiger partial charge in [-0.1, -0.05) is 30.7 Å². The topological polar surface area (TPSA) is 24.9 Å². The van der Waals surface area contributed by atoms with Gasteiger partial charge in [-0.25, -0.2) is 4.98 Å². The number of nitrogens with zero attached hydrogens (tertiary/aromatic N) is 1. The molecule has 0 aliphatic heterocycles. The Labute approximate surface area is 136 Å². The van der Waals surface area contributed by atoms with Crippen molar-refractivity contribution in [2.24, 2.45) is 0 Å². The second-order valence-electron chi connectivity index (χ2n) is 5.02. The van der Waals surface area contributed by atoms with Gasteiger partial charge in [0, 0.05) is 23.0 Å². The molecule has 1 aromatic carbocycles. The summed E-state index contributed by atoms with van der Waals surface area (Å²) in [5.74, 6) is 0.907. The molecule has 2 nitrogen and oxygen atoms in total. The Kier molecular flexibility index (Phi) is 6.55. The summed E-state index contributed by atoms with van der Waals surface area (Å²) in [6.45, 7) is 5.41. The Hall–Kier alpha value is -1.03. The van der Waals surface area contributed by atoms with Crippen molar-refractivity contribution in [2.75, 3.05) is 6.54 Å². The number of thioether (sulfide) groups is 1. The van der Waals surface area contributed by atoms with Crippen LogP contribution in [0.2, 0.25) is 5.02 Å². The van der Waals surface area contributed by atoms with Crippen LogP contribution in [-0.2, 0) is 5.75 Å². The molecule has 2 rings (SSSR count). The van der Waals surface area contributed by atoms with Crippen molar-refractivity contribution in [3.05, 3.63) is 58.7 Å². The third-order valence-corrected chi connectivity index (χ3v) is 4.51. The lowest BCUT2D eigenvalue weighted by atomic mass is 10.1. The fourth-order valence-electron chi connectivity index (χ4n) is 1.99. The number of pyridine rings is 1. The molecule has 0 aliphatic rings. The van der Waals surface area contributed by atoms with E-state index >= 15 is 0 Å². The monoisotopic (exact) mass is 320 g/mol. The van der Waals surface area contributed by atoms with E-state index in [1.54, 1.807) is 11.8 Å². The number of hydrogen-bond donors (Lipinski definition) is 1. The normalized spacial score (nSPS) is 12.3. The predicted molar refractivity (Wildman–Crippen MR) is 92.0 cm³/mol. The van der Waals surface area contributed by atoms with Gasteiger partial charge in [0.05, 0.1) is 5.03 Å². The van der Waals surface area contributed by atoms with Gasteiger partial charge in [-0.3, -0.25) is 0 Å². The van der Waals surface area contributed by atoms with E-state index in [0.29, 0.717) is 6.04 Å². The van der Waals surface area contributed by atoms with Crippen molar-refractivity contribution in [3.63, 3.8) is 0 Å². The zero-order chi connectivity index (χ0) is 15.1. The SMILES string of the molecule is CCCNC(C)c1ccnc(SCc2ccc(Cl)cc2)c1. The second kappa shape index (κ2) is 8.42. The number of aromatic nitrogens is 1. The predicted octanol–water partition coefficient (Wildman–Crippen LogP) is 5.09. The molecule has 1 N–H and O–H groups in total. The van der Waals surface area contributed by atoms with E-state index in [-0.39, 0.29) is 0 Å². The molecule has 1 heterocycles. The quantitative estimate of drug-likeness (QED) is 0.719. The first-order valence-corrected chi connectivity index (χ1v) is 8.62. The van der Waals surface area contributed by atoms with Crippen LogP contribution in [0.3, 0.4) is 0 Å². The van der Waals surface area contributed by atoms with Crippen LogP contribution in [0, 0.1) is 0 Å². The van der Waals surface area contributed by atoms with Crippen molar-refractivity contribution in [3.8, 4) is 0 Å². The highest BCUT2D eigenvalue weighted by Gasteiger charge is 2.06. The minimum atomic E-state index is 0.364. The molecule has 1 atom stereocenters. The lowest BCUT2D eigenvalue weighted by molar-refractivity contribution is 0.569. The van der Waals surface area contributed by atoms with Crippen LogP contribution >= 0.6 is 23.4 Å². The van der Waals surface area contributed by atoms with Gasteiger partial charge in [-0.05, 0) is 55.3 Å². The molecule has 0 saturated carbocycles. The summed E-state index contributed by atoms with van der Waals surface area (Å²) in [5.41, 5.74) is 2.55. The molecule has 2 aromatic rings. The molecule has 0 fully saturated rings. The molecule has 0 bridgehead atoms. The van der Waals surface area contributed by atoms with E-state index in [2.05, 4.69) is 48.4 Å². The summed E-state index contributed by atoms with van der Waals surface area (Å²) >= 11 is 7.65. The van der Waals surface area contributed by atoms with E-state index in [1.165, 1.54) is 11.1 Å². The molecule has 1 aromatic heterocycles. The van der Waals surface area contributed by atoms with Crippen molar-refractivity contribution >= 4 is 23.4 Å². The molecular weight excluding hydrogens is 300 g/mol. The fraction of sp³-hybridized carbons (Fsp3) is 0.353. The van der Waals surface area contributed by atoms with Gasteiger partial charge in [-0.2, -0.15) is 0 Å². The van der Waals surface area contributed by atoms with Gasteiger partial charge >= 0.3 is 0 Å². The average Bonchev–Trinajstić information content (AvgIpc) is 2.52. The van der Waals surface area contributed by atoms with Crippen molar-refractivity contribution in [1.29, 1.82) is 0 Å². The first-order valence-electron chi connectivity index (χ1n) is 7.25. The fourth-order valence-corrected chi connectivity index (χ4v) is 2.98. The largest absolute Gasteiger partial charge is 0.310 e. The zero-order valence-electron chi connectivity index (χ0n) is 12.5. The molecule has 21 heavy (non-hydrogen) atoms. The first kappa shape index (κ1) is 16.3. The minimum Gasteiger partial charge on any atom is -0.310 e. The van der Waals surface area contributed by atoms with E-state index < -0.39 is 0 Å². The summed E-state index contributed by atoms with van der Waals surface area (Å²) in [6, 6.07) is 12.6. The highest BCUT2D eigenvalue weighted by Crippen LogP contribution is 2.24. The van der Waals surface area contributed by atoms with Crippen LogP contribution in [0.25, 0.3) is 0 Å². The molecule has 0 saturated heterocycles. The van der Waals surface area contributed by atoms with Gasteiger partial charge in [0.1, 0.15) is 0 Å². The van der Waals surface area contributed by atoms with Gasteiger partial charge in [0.15, 0.2) is 0 Å². The Morgan fingerprint density at radius 1 is 1.24 bits per heavy atom. The standard InChI is InChI=1S/C17H21ClN2S/c1-3-9-19-13(2)15-8-10-20-17(11-15)21-12-14-4-6-16(18)7-5-14/h4-8,10-11,13,19H,3,9,12H2,1-2H3. The second-order valence-corrected chi connectivity index (χ2v) is 6.45. The van der Waals surface area contributed by atoms with Crippen LogP contribution < -0.4 is 5.32 Å². The van der Waals surface area contributed by atoms with E-state index in [0.717, 1.165) is 28.8 Å². The maximum absolute atomic E-state index is 5.90. The summed E-state index contributed by atoms with van der Waals surface area (Å²) in [4.78, 5) is 4.44. The van der Waals surface area contributed by atoms with Crippen LogP contribution in [0.4, 0.5) is 0 Å². The number of halogens is 1. The molecule has 0 spiro atoms. The van der Waals surface area contributed by atoms with Gasteiger partial charge in [-0.15, -0.1) is 11.8 Å². The smallest absolute Gasteiger partial charge is 0.0966 e. The van der Waals surface area contributed by atoms with Crippen LogP contribution in [0.15, 0.2) is 47.6 Å². The van der Waals surface area contributed by atoms with E-state index in [1.807, 2.05) is 18.3 Å². The highest BCUT2D eigenvalue weighted by atomic mass is 35.5. The molecule has 1 unspecified atom stereocenters. The van der Waals surface area contributed by atoms with E-state index in [4.69, 9.17) is 11.6 Å². The lowest BCUT2D eigenvalue weighted by Crippen LogP contribution is -2.19. The van der Waals surface area contributed by atoms with E-state index in [9.17, 15) is 0 Å². The maximum Gasteiger partial charge on any atom is 0.0966 e. The summed E-state index contributed by atoms with van der Waals surface area (Å²) in [5, 5.41) is 5.34. The number of nitrogens with one attached hydrogen (secondary N) is 1. The van der Waals surface area contributed by atoms with Gasteiger partial charge in [0.25, 0.3) is 0 Å². The molecule has 0 aliphatic carbocycles. The number of benzene rings is 1. The van der Waals surface area contributed by atoms with Crippen molar-refractivity contribution in [1.82, 2.24) is 10.3 Å². The molecule has 4 heteroatoms. The Balaban J connectivity index is 1.95. The molecule has 0 amide bonds. The van der Waals surface area contributed by atoms with Gasteiger partial charge < -0.3 is 5.32 Å². The Morgan fingerprint density at radius 2 is 2.00 bits per heavy atom. The van der Waals surface area contributed by atoms with Crippen LogP contribution in [0.1, 0.15) is 37.4 Å². The van der Waals surface area contributed by atoms with Gasteiger partial charge in [0.2, 0.25) is 0 Å². The van der Waals surface area contributed by atoms with Crippen molar-refractivity contribution < 1.29 is 0 Å². The highest BCUT2D eigenvalue weighted by molar-refractivity contribution is 7.98.